The number of hydrogen-bond donors (Lipinski definition) is 8. The van der Waals surface area contributed by atoms with Gasteiger partial charge in [-0.1, -0.05) is 84.0 Å². The van der Waals surface area contributed by atoms with E-state index in [0.717, 1.165) is 19.3 Å². The fourth-order valence-electron chi connectivity index (χ4n) is 6.67. The predicted octanol–water partition coefficient (Wildman–Crippen LogP) is 3.56. The second-order valence-electron chi connectivity index (χ2n) is 16.8. The molecule has 0 aromatic carbocycles. The van der Waals surface area contributed by atoms with E-state index >= 15 is 0 Å². The molecule has 0 saturated heterocycles. The molecule has 0 spiro atoms. The topological polar surface area (TPSA) is 273 Å². The number of hydrogen-bond acceptors (Lipinski definition) is 12. The van der Waals surface area contributed by atoms with Gasteiger partial charge in [-0.25, -0.2) is 9.78 Å². The minimum absolute atomic E-state index is 0.0197. The highest BCUT2D eigenvalue weighted by Crippen LogP contribution is 2.13. The monoisotopic (exact) mass is 893 g/mol. The zero-order valence-electron chi connectivity index (χ0n) is 38.6. The predicted molar refractivity (Wildman–Crippen MR) is 241 cm³/mol. The van der Waals surface area contributed by atoms with Crippen molar-refractivity contribution >= 4 is 41.2 Å². The van der Waals surface area contributed by atoms with Crippen molar-refractivity contribution in [2.45, 2.75) is 180 Å². The number of carboxylic acid groups (broad SMARTS) is 1. The Hall–Kier alpha value is -4.26. The molecule has 1 rings (SSSR count). The standard InChI is InChI=1S/C45H80N8O10/c1-5-6-7-8-9-10-11-12-13-14-15-16-17-21-41(57)52-38(44(60)61)22-23-40(56)49-25-26-62-27-28-63-32-42(58)48-24-19-18-20-37(34(2)54)50-31-39(55)45(3,4)53-43(59)36(46)29-35-30-47-33-51-35/h30,33,36-38,50H,5-29,31-32,46H2,1-4H3,(H,47,51)(H,48,58)(H,49,56)(H,52,57)(H,53,59)(H,60,61)/t36-,37-,38-/m0/s1. The van der Waals surface area contributed by atoms with Gasteiger partial charge in [0.25, 0.3) is 0 Å². The fraction of sp³-hybridized carbons (Fsp3) is 0.778. The number of amides is 4. The van der Waals surface area contributed by atoms with E-state index in [1.54, 1.807) is 20.0 Å². The van der Waals surface area contributed by atoms with Gasteiger partial charge in [-0.05, 0) is 52.9 Å². The number of aromatic amines is 1. The number of aromatic nitrogens is 2. The van der Waals surface area contributed by atoms with Gasteiger partial charge in [0.05, 0.1) is 50.3 Å². The van der Waals surface area contributed by atoms with Crippen molar-refractivity contribution in [2.24, 2.45) is 5.73 Å². The minimum Gasteiger partial charge on any atom is -0.480 e. The van der Waals surface area contributed by atoms with Crippen LogP contribution >= 0.6 is 0 Å². The number of nitrogens with zero attached hydrogens (tertiary/aromatic N) is 1. The summed E-state index contributed by atoms with van der Waals surface area (Å²) >= 11 is 0. The number of ether oxygens (including phenoxy) is 2. The van der Waals surface area contributed by atoms with E-state index in [-0.39, 0.29) is 94.5 Å². The van der Waals surface area contributed by atoms with Crippen LogP contribution in [0.25, 0.3) is 0 Å². The molecule has 1 aromatic heterocycles. The molecular formula is C45H80N8O10. The SMILES string of the molecule is CCCCCCCCCCCCCCCC(=O)N[C@@H](CCC(=O)NCCOCCOCC(=O)NCCCC[C@H](NCC(=O)C(C)(C)NC(=O)[C@@H](N)Cc1cnc[nH]1)C(C)=O)C(=O)O. The van der Waals surface area contributed by atoms with Crippen LogP contribution in [0, 0.1) is 0 Å². The number of imidazole rings is 1. The summed E-state index contributed by atoms with van der Waals surface area (Å²) < 4.78 is 10.8. The first-order valence-electron chi connectivity index (χ1n) is 23.2. The van der Waals surface area contributed by atoms with Crippen molar-refractivity contribution in [2.75, 3.05) is 46.1 Å². The maximum Gasteiger partial charge on any atom is 0.326 e. The van der Waals surface area contributed by atoms with Crippen LogP contribution in [0.1, 0.15) is 155 Å². The number of unbranched alkanes of at least 4 members (excludes halogenated alkanes) is 13. The Bertz CT molecular complexity index is 1460. The third-order valence-electron chi connectivity index (χ3n) is 10.7. The first-order chi connectivity index (χ1) is 30.2. The molecule has 0 aliphatic rings. The number of rotatable bonds is 41. The zero-order chi connectivity index (χ0) is 46.7. The molecule has 0 aliphatic heterocycles. The average Bonchev–Trinajstić information content (AvgIpc) is 3.75. The van der Waals surface area contributed by atoms with Crippen molar-refractivity contribution in [3.05, 3.63) is 18.2 Å². The van der Waals surface area contributed by atoms with Crippen LogP contribution < -0.4 is 32.3 Å². The van der Waals surface area contributed by atoms with E-state index in [4.69, 9.17) is 15.2 Å². The largest absolute Gasteiger partial charge is 0.480 e. The average molecular weight is 893 g/mol. The zero-order valence-corrected chi connectivity index (χ0v) is 38.6. The minimum atomic E-state index is -1.21. The van der Waals surface area contributed by atoms with Crippen LogP contribution in [0.2, 0.25) is 0 Å². The summed E-state index contributed by atoms with van der Waals surface area (Å²) in [6.45, 7) is 7.66. The second kappa shape index (κ2) is 35.1. The van der Waals surface area contributed by atoms with Crippen LogP contribution in [0.4, 0.5) is 0 Å². The Morgan fingerprint density at radius 1 is 0.746 bits per heavy atom. The molecule has 1 heterocycles. The molecule has 0 aliphatic carbocycles. The molecule has 9 N–H and O–H groups in total. The van der Waals surface area contributed by atoms with Gasteiger partial charge in [0, 0.05) is 44.2 Å². The van der Waals surface area contributed by atoms with Gasteiger partial charge >= 0.3 is 5.97 Å². The molecule has 0 saturated carbocycles. The Labute approximate surface area is 374 Å². The Morgan fingerprint density at radius 2 is 1.37 bits per heavy atom. The summed E-state index contributed by atoms with van der Waals surface area (Å²) in [6, 6.07) is -2.57. The van der Waals surface area contributed by atoms with Gasteiger partial charge in [-0.15, -0.1) is 0 Å². The molecule has 0 radical (unpaired) electrons. The first kappa shape index (κ1) is 56.8. The lowest BCUT2D eigenvalue weighted by Crippen LogP contribution is -2.57. The summed E-state index contributed by atoms with van der Waals surface area (Å²) in [6.07, 6.45) is 20.7. The maximum atomic E-state index is 12.9. The number of carbonyl (C=O) groups excluding carboxylic acids is 6. The van der Waals surface area contributed by atoms with Gasteiger partial charge in [-0.3, -0.25) is 28.8 Å². The van der Waals surface area contributed by atoms with Gasteiger partial charge < -0.3 is 51.9 Å². The number of nitrogens with two attached hydrogens (primary N) is 1. The highest BCUT2D eigenvalue weighted by molar-refractivity contribution is 5.95. The molecule has 18 nitrogen and oxygen atoms in total. The fourth-order valence-corrected chi connectivity index (χ4v) is 6.67. The first-order valence-corrected chi connectivity index (χ1v) is 23.2. The maximum absolute atomic E-state index is 12.9. The molecule has 0 unspecified atom stereocenters. The van der Waals surface area contributed by atoms with E-state index in [1.165, 1.54) is 71.0 Å². The highest BCUT2D eigenvalue weighted by Gasteiger charge is 2.31. The van der Waals surface area contributed by atoms with Crippen molar-refractivity contribution in [1.29, 1.82) is 0 Å². The lowest BCUT2D eigenvalue weighted by Gasteiger charge is -2.27. The van der Waals surface area contributed by atoms with Crippen molar-refractivity contribution in [1.82, 2.24) is 36.6 Å². The third-order valence-corrected chi connectivity index (χ3v) is 10.7. The highest BCUT2D eigenvalue weighted by atomic mass is 16.5. The molecule has 63 heavy (non-hydrogen) atoms. The van der Waals surface area contributed by atoms with E-state index in [9.17, 15) is 38.7 Å². The number of ketones is 2. The Morgan fingerprint density at radius 3 is 1.97 bits per heavy atom. The van der Waals surface area contributed by atoms with Crippen LogP contribution in [0.5, 0.6) is 0 Å². The third kappa shape index (κ3) is 29.7. The number of aliphatic carboxylic acids is 1. The summed E-state index contributed by atoms with van der Waals surface area (Å²) in [7, 11) is 0. The van der Waals surface area contributed by atoms with E-state index in [1.807, 2.05) is 0 Å². The lowest BCUT2D eigenvalue weighted by molar-refractivity contribution is -0.142. The van der Waals surface area contributed by atoms with Crippen molar-refractivity contribution in [3.8, 4) is 0 Å². The molecule has 0 fully saturated rings. The molecule has 4 amide bonds. The van der Waals surface area contributed by atoms with E-state index in [0.29, 0.717) is 37.9 Å². The van der Waals surface area contributed by atoms with Gasteiger partial charge in [-0.2, -0.15) is 0 Å². The van der Waals surface area contributed by atoms with Crippen LogP contribution in [0.3, 0.4) is 0 Å². The lowest BCUT2D eigenvalue weighted by atomic mass is 9.97. The normalized spacial score (nSPS) is 12.8. The molecule has 360 valence electrons. The number of Topliss-reactive ketones (excluding diaryl/α,β-unsaturated/α-hetero) is 2. The quantitative estimate of drug-likeness (QED) is 0.0438. The van der Waals surface area contributed by atoms with Crippen LogP contribution in [-0.4, -0.2) is 126 Å². The van der Waals surface area contributed by atoms with E-state index in [2.05, 4.69) is 43.5 Å². The van der Waals surface area contributed by atoms with Gasteiger partial charge in [0.2, 0.25) is 23.6 Å². The number of carboxylic acids is 1. The van der Waals surface area contributed by atoms with E-state index < -0.39 is 35.5 Å². The molecule has 1 aromatic rings. The molecule has 0 bridgehead atoms. The smallest absolute Gasteiger partial charge is 0.326 e. The van der Waals surface area contributed by atoms with Gasteiger partial charge in [0.1, 0.15) is 18.4 Å². The summed E-state index contributed by atoms with van der Waals surface area (Å²) in [5.74, 6) is -3.06. The Kier molecular flexibility index (Phi) is 31.7. The van der Waals surface area contributed by atoms with Crippen LogP contribution in [0.15, 0.2) is 12.5 Å². The number of carbonyl (C=O) groups is 7. The second-order valence-corrected chi connectivity index (χ2v) is 16.8. The number of H-pyrrole nitrogens is 1. The summed E-state index contributed by atoms with van der Waals surface area (Å²) in [4.78, 5) is 92.9. The molecular weight excluding hydrogens is 813 g/mol. The van der Waals surface area contributed by atoms with Crippen LogP contribution in [-0.2, 0) is 49.5 Å². The van der Waals surface area contributed by atoms with Gasteiger partial charge in [0.15, 0.2) is 5.78 Å². The summed E-state index contributed by atoms with van der Waals surface area (Å²) in [5.41, 5.74) is 5.48. The molecule has 18 heteroatoms. The Balaban J connectivity index is 2.08. The summed E-state index contributed by atoms with van der Waals surface area (Å²) in [5, 5.41) is 23.2. The molecule has 3 atom stereocenters. The van der Waals surface area contributed by atoms with Crippen molar-refractivity contribution < 1.29 is 48.1 Å². The van der Waals surface area contributed by atoms with Crippen molar-refractivity contribution in [3.63, 3.8) is 0 Å². The number of nitrogens with one attached hydrogen (secondary N) is 6.